The van der Waals surface area contributed by atoms with Crippen molar-refractivity contribution in [2.75, 3.05) is 30.4 Å². The number of anilines is 2. The third kappa shape index (κ3) is 5.34. The molecular formula is C24H21ClF3N7O2S. The summed E-state index contributed by atoms with van der Waals surface area (Å²) in [6.07, 6.45) is 0.252. The lowest BCUT2D eigenvalue weighted by atomic mass is 9.96. The van der Waals surface area contributed by atoms with Gasteiger partial charge in [0.15, 0.2) is 15.6 Å². The number of fused-ring (bicyclic) bond motifs is 1. The lowest BCUT2D eigenvalue weighted by Crippen LogP contribution is -2.39. The summed E-state index contributed by atoms with van der Waals surface area (Å²) >= 11 is 7.23. The fourth-order valence-corrected chi connectivity index (χ4v) is 5.22. The monoisotopic (exact) mass is 563 g/mol. The molecular weight excluding hydrogens is 543 g/mol. The Kier molecular flexibility index (Phi) is 7.05. The topological polar surface area (TPSA) is 106 Å². The Bertz CT molecular complexity index is 1510. The highest BCUT2D eigenvalue weighted by Crippen LogP contribution is 2.36. The molecule has 0 aliphatic carbocycles. The van der Waals surface area contributed by atoms with Crippen LogP contribution in [0.1, 0.15) is 28.9 Å². The van der Waals surface area contributed by atoms with Crippen LogP contribution in [0.3, 0.4) is 0 Å². The minimum atomic E-state index is -4.19. The summed E-state index contributed by atoms with van der Waals surface area (Å²) < 4.78 is 44.4. The second-order valence-electron chi connectivity index (χ2n) is 8.71. The predicted octanol–water partition coefficient (Wildman–Crippen LogP) is 5.54. The van der Waals surface area contributed by atoms with E-state index in [1.807, 2.05) is 0 Å². The van der Waals surface area contributed by atoms with Gasteiger partial charge in [0.05, 0.1) is 31.0 Å². The molecule has 38 heavy (non-hydrogen) atoms. The maximum absolute atomic E-state index is 13.3. The summed E-state index contributed by atoms with van der Waals surface area (Å²) in [6.45, 7) is 2.27. The van der Waals surface area contributed by atoms with Gasteiger partial charge in [-0.25, -0.2) is 15.0 Å². The Morgan fingerprint density at radius 3 is 2.58 bits per heavy atom. The van der Waals surface area contributed by atoms with E-state index in [0.717, 1.165) is 11.3 Å². The summed E-state index contributed by atoms with van der Waals surface area (Å²) in [4.78, 5) is 37.0. The average molecular weight is 564 g/mol. The van der Waals surface area contributed by atoms with Crippen LogP contribution < -0.4 is 15.0 Å². The average Bonchev–Trinajstić information content (AvgIpc) is 3.29. The molecule has 198 valence electrons. The second kappa shape index (κ2) is 10.3. The number of thiazole rings is 1. The van der Waals surface area contributed by atoms with Crippen LogP contribution in [0.5, 0.6) is 5.75 Å². The molecule has 0 spiro atoms. The van der Waals surface area contributed by atoms with Gasteiger partial charge in [-0.15, -0.1) is 0 Å². The molecule has 1 saturated heterocycles. The number of hydrogen-bond donors (Lipinski definition) is 1. The van der Waals surface area contributed by atoms with Crippen molar-refractivity contribution in [1.29, 1.82) is 0 Å². The molecule has 1 N–H and O–H groups in total. The standard InChI is InChI=1S/C24H21ClF3N7O2S/c1-12-7-14(15-8-18(25)30-10-17(15)37-2)16(9-29-12)21(36)34-23-33-20-22(38-23)32-19(11-31-20)35-5-3-13(4-6-35)24(26,27)28/h7-11,13H,3-6H2,1-2H3,(H,31,33,34,36). The Balaban J connectivity index is 1.38. The van der Waals surface area contributed by atoms with Crippen LogP contribution in [-0.4, -0.2) is 57.2 Å². The molecule has 0 aromatic carbocycles. The summed E-state index contributed by atoms with van der Waals surface area (Å²) in [5.74, 6) is -0.846. The van der Waals surface area contributed by atoms with E-state index in [2.05, 4.69) is 30.2 Å². The molecule has 1 aliphatic heterocycles. The van der Waals surface area contributed by atoms with E-state index in [1.54, 1.807) is 24.0 Å². The Hall–Kier alpha value is -3.58. The van der Waals surface area contributed by atoms with Crippen LogP contribution in [0.2, 0.25) is 5.15 Å². The van der Waals surface area contributed by atoms with Gasteiger partial charge in [-0.05, 0) is 31.9 Å². The van der Waals surface area contributed by atoms with Crippen LogP contribution in [0.4, 0.5) is 24.1 Å². The lowest BCUT2D eigenvalue weighted by Gasteiger charge is -2.33. The summed E-state index contributed by atoms with van der Waals surface area (Å²) in [7, 11) is 1.50. The molecule has 0 radical (unpaired) electrons. The van der Waals surface area contributed by atoms with Crippen LogP contribution >= 0.6 is 22.9 Å². The summed E-state index contributed by atoms with van der Waals surface area (Å²) in [6, 6.07) is 3.36. The Morgan fingerprint density at radius 2 is 1.87 bits per heavy atom. The van der Waals surface area contributed by atoms with E-state index in [1.165, 1.54) is 25.7 Å². The maximum Gasteiger partial charge on any atom is 0.391 e. The van der Waals surface area contributed by atoms with Gasteiger partial charge in [-0.3, -0.25) is 15.1 Å². The number of carbonyl (C=O) groups is 1. The Morgan fingerprint density at radius 1 is 1.11 bits per heavy atom. The molecule has 5 heterocycles. The number of halogens is 4. The van der Waals surface area contributed by atoms with Crippen molar-refractivity contribution in [3.63, 3.8) is 0 Å². The number of amides is 1. The molecule has 9 nitrogen and oxygen atoms in total. The number of nitrogens with one attached hydrogen (secondary N) is 1. The number of ether oxygens (including phenoxy) is 1. The molecule has 1 amide bonds. The second-order valence-corrected chi connectivity index (χ2v) is 10.1. The zero-order valence-corrected chi connectivity index (χ0v) is 21.8. The quantitative estimate of drug-likeness (QED) is 0.315. The minimum absolute atomic E-state index is 0.00755. The number of carbonyl (C=O) groups excluding carboxylic acids is 1. The fraction of sp³-hybridized carbons (Fsp3) is 0.333. The summed E-state index contributed by atoms with van der Waals surface area (Å²) in [5, 5.41) is 3.28. The molecule has 14 heteroatoms. The van der Waals surface area contributed by atoms with Crippen molar-refractivity contribution in [2.45, 2.75) is 25.9 Å². The van der Waals surface area contributed by atoms with Crippen LogP contribution in [-0.2, 0) is 0 Å². The number of nitrogens with zero attached hydrogens (tertiary/aromatic N) is 6. The highest BCUT2D eigenvalue weighted by molar-refractivity contribution is 7.21. The molecule has 1 aliphatic rings. The highest BCUT2D eigenvalue weighted by atomic mass is 35.5. The van der Waals surface area contributed by atoms with Crippen molar-refractivity contribution < 1.29 is 22.7 Å². The van der Waals surface area contributed by atoms with Gasteiger partial charge in [0, 0.05) is 36.1 Å². The third-order valence-electron chi connectivity index (χ3n) is 6.24. The largest absolute Gasteiger partial charge is 0.494 e. The lowest BCUT2D eigenvalue weighted by molar-refractivity contribution is -0.179. The maximum atomic E-state index is 13.3. The SMILES string of the molecule is COc1cnc(Cl)cc1-c1cc(C)ncc1C(=O)Nc1nc2ncc(N3CCC(C(F)(F)F)CC3)nc2s1. The molecule has 0 bridgehead atoms. The molecule has 0 saturated carbocycles. The third-order valence-corrected chi connectivity index (χ3v) is 7.30. The van der Waals surface area contributed by atoms with Gasteiger partial charge in [0.1, 0.15) is 16.7 Å². The van der Waals surface area contributed by atoms with E-state index in [9.17, 15) is 18.0 Å². The van der Waals surface area contributed by atoms with Gasteiger partial charge >= 0.3 is 6.18 Å². The first-order valence-corrected chi connectivity index (χ1v) is 12.7. The number of aromatic nitrogens is 5. The molecule has 5 rings (SSSR count). The molecule has 1 fully saturated rings. The number of rotatable bonds is 5. The van der Waals surface area contributed by atoms with E-state index in [-0.39, 0.29) is 41.8 Å². The van der Waals surface area contributed by atoms with E-state index in [4.69, 9.17) is 16.3 Å². The van der Waals surface area contributed by atoms with Gasteiger partial charge in [0.2, 0.25) is 0 Å². The predicted molar refractivity (Wildman–Crippen MR) is 138 cm³/mol. The fourth-order valence-electron chi connectivity index (χ4n) is 4.27. The van der Waals surface area contributed by atoms with E-state index in [0.29, 0.717) is 38.9 Å². The number of alkyl halides is 3. The van der Waals surface area contributed by atoms with Crippen molar-refractivity contribution >= 4 is 50.3 Å². The van der Waals surface area contributed by atoms with Crippen molar-refractivity contribution in [2.24, 2.45) is 5.92 Å². The first-order valence-electron chi connectivity index (χ1n) is 11.6. The number of piperidine rings is 1. The molecule has 4 aromatic rings. The minimum Gasteiger partial charge on any atom is -0.494 e. The van der Waals surface area contributed by atoms with Crippen molar-refractivity contribution in [3.8, 4) is 16.9 Å². The number of pyridine rings is 2. The van der Waals surface area contributed by atoms with Gasteiger partial charge in [0.25, 0.3) is 5.91 Å². The van der Waals surface area contributed by atoms with Crippen LogP contribution in [0.25, 0.3) is 21.6 Å². The number of methoxy groups -OCH3 is 1. The number of hydrogen-bond acceptors (Lipinski definition) is 9. The molecule has 0 unspecified atom stereocenters. The summed E-state index contributed by atoms with van der Waals surface area (Å²) in [5.41, 5.74) is 2.41. The van der Waals surface area contributed by atoms with Gasteiger partial charge < -0.3 is 9.64 Å². The van der Waals surface area contributed by atoms with Crippen molar-refractivity contribution in [3.05, 3.63) is 47.1 Å². The van der Waals surface area contributed by atoms with Crippen LogP contribution in [0, 0.1) is 12.8 Å². The van der Waals surface area contributed by atoms with Gasteiger partial charge in [-0.2, -0.15) is 18.2 Å². The van der Waals surface area contributed by atoms with Crippen LogP contribution in [0.15, 0.2) is 30.7 Å². The number of aryl methyl sites for hydroxylation is 1. The Labute approximate surface area is 224 Å². The first-order chi connectivity index (χ1) is 18.1. The van der Waals surface area contributed by atoms with Crippen molar-refractivity contribution in [1.82, 2.24) is 24.9 Å². The zero-order valence-electron chi connectivity index (χ0n) is 20.2. The molecule has 4 aromatic heterocycles. The normalized spacial score (nSPS) is 14.6. The zero-order chi connectivity index (χ0) is 27.0. The van der Waals surface area contributed by atoms with E-state index < -0.39 is 18.0 Å². The van der Waals surface area contributed by atoms with Gasteiger partial charge in [-0.1, -0.05) is 22.9 Å². The highest BCUT2D eigenvalue weighted by Gasteiger charge is 2.41. The van der Waals surface area contributed by atoms with E-state index >= 15 is 0 Å². The first kappa shape index (κ1) is 26.0. The smallest absolute Gasteiger partial charge is 0.391 e. The molecule has 0 atom stereocenters.